The van der Waals surface area contributed by atoms with E-state index in [2.05, 4.69) is 36.6 Å². The minimum absolute atomic E-state index is 0.0862. The van der Waals surface area contributed by atoms with Crippen molar-refractivity contribution in [1.29, 1.82) is 0 Å². The van der Waals surface area contributed by atoms with Crippen LogP contribution in [0, 0.1) is 33.5 Å². The van der Waals surface area contributed by atoms with Crippen molar-refractivity contribution in [1.82, 2.24) is 4.57 Å². The molecule has 26 heavy (non-hydrogen) atoms. The van der Waals surface area contributed by atoms with E-state index in [4.69, 9.17) is 0 Å². The van der Waals surface area contributed by atoms with Crippen molar-refractivity contribution in [3.05, 3.63) is 82.4 Å². The lowest BCUT2D eigenvalue weighted by Crippen LogP contribution is -2.06. The van der Waals surface area contributed by atoms with Crippen molar-refractivity contribution in [2.24, 2.45) is 0 Å². The summed E-state index contributed by atoms with van der Waals surface area (Å²) in [4.78, 5) is 13.6. The van der Waals surface area contributed by atoms with Crippen molar-refractivity contribution >= 4 is 17.5 Å². The molecule has 3 rings (SSSR count). The standard InChI is InChI=1S/C22H22FNOS/c1-14-9-15(2)11-19(10-14)24-16(3)12-21(17(24)4)22(25)13-26-20-7-5-18(23)6-8-20/h5-12H,13H2,1-4H3. The van der Waals surface area contributed by atoms with Gasteiger partial charge >= 0.3 is 0 Å². The molecule has 0 spiro atoms. The smallest absolute Gasteiger partial charge is 0.174 e. The zero-order chi connectivity index (χ0) is 18.8. The molecule has 0 aliphatic rings. The van der Waals surface area contributed by atoms with Crippen LogP contribution in [0.5, 0.6) is 0 Å². The number of nitrogens with zero attached hydrogens (tertiary/aromatic N) is 1. The van der Waals surface area contributed by atoms with E-state index in [0.29, 0.717) is 5.75 Å². The second kappa shape index (κ2) is 7.50. The number of Topliss-reactive ketones (excluding diaryl/α,β-unsaturated/α-hetero) is 1. The van der Waals surface area contributed by atoms with Crippen LogP contribution in [-0.4, -0.2) is 16.1 Å². The zero-order valence-corrected chi connectivity index (χ0v) is 16.3. The van der Waals surface area contributed by atoms with Crippen molar-refractivity contribution in [2.45, 2.75) is 32.6 Å². The van der Waals surface area contributed by atoms with Crippen molar-refractivity contribution < 1.29 is 9.18 Å². The number of rotatable bonds is 5. The molecule has 0 atom stereocenters. The van der Waals surface area contributed by atoms with E-state index >= 15 is 0 Å². The molecular formula is C22H22FNOS. The third-order valence-corrected chi connectivity index (χ3v) is 5.39. The molecule has 0 radical (unpaired) electrons. The molecule has 0 saturated heterocycles. The summed E-state index contributed by atoms with van der Waals surface area (Å²) in [5.74, 6) is 0.156. The highest BCUT2D eigenvalue weighted by molar-refractivity contribution is 8.00. The summed E-state index contributed by atoms with van der Waals surface area (Å²) in [5.41, 5.74) is 6.23. The fourth-order valence-corrected chi connectivity index (χ4v) is 4.06. The van der Waals surface area contributed by atoms with Gasteiger partial charge in [0.1, 0.15) is 5.82 Å². The minimum Gasteiger partial charge on any atom is -0.318 e. The highest BCUT2D eigenvalue weighted by Gasteiger charge is 2.17. The van der Waals surface area contributed by atoms with Gasteiger partial charge < -0.3 is 4.57 Å². The van der Waals surface area contributed by atoms with Crippen molar-refractivity contribution in [3.8, 4) is 5.69 Å². The van der Waals surface area contributed by atoms with Crippen LogP contribution in [0.2, 0.25) is 0 Å². The lowest BCUT2D eigenvalue weighted by Gasteiger charge is -2.12. The monoisotopic (exact) mass is 367 g/mol. The molecule has 0 aliphatic carbocycles. The van der Waals surface area contributed by atoms with E-state index in [9.17, 15) is 9.18 Å². The first-order chi connectivity index (χ1) is 12.3. The first kappa shape index (κ1) is 18.5. The highest BCUT2D eigenvalue weighted by Crippen LogP contribution is 2.25. The van der Waals surface area contributed by atoms with Gasteiger partial charge in [-0.25, -0.2) is 4.39 Å². The van der Waals surface area contributed by atoms with Crippen LogP contribution in [0.4, 0.5) is 4.39 Å². The number of thioether (sulfide) groups is 1. The zero-order valence-electron chi connectivity index (χ0n) is 15.5. The Morgan fingerprint density at radius 1 is 0.962 bits per heavy atom. The summed E-state index contributed by atoms with van der Waals surface area (Å²) < 4.78 is 15.1. The minimum atomic E-state index is -0.266. The van der Waals surface area contributed by atoms with Gasteiger partial charge in [-0.3, -0.25) is 4.79 Å². The van der Waals surface area contributed by atoms with E-state index in [-0.39, 0.29) is 11.6 Å². The van der Waals surface area contributed by atoms with E-state index in [1.165, 1.54) is 35.0 Å². The summed E-state index contributed by atoms with van der Waals surface area (Å²) >= 11 is 1.43. The summed E-state index contributed by atoms with van der Waals surface area (Å²) in [6.45, 7) is 8.17. The number of hydrogen-bond donors (Lipinski definition) is 0. The Hall–Kier alpha value is -2.33. The fourth-order valence-electron chi connectivity index (χ4n) is 3.28. The lowest BCUT2D eigenvalue weighted by molar-refractivity contribution is 0.102. The van der Waals surface area contributed by atoms with Crippen LogP contribution in [-0.2, 0) is 0 Å². The van der Waals surface area contributed by atoms with E-state index < -0.39 is 0 Å². The molecule has 1 heterocycles. The molecule has 0 amide bonds. The van der Waals surface area contributed by atoms with E-state index in [0.717, 1.165) is 27.5 Å². The third kappa shape index (κ3) is 3.91. The molecule has 0 fully saturated rings. The molecule has 0 N–H and O–H groups in total. The Morgan fingerprint density at radius 2 is 1.58 bits per heavy atom. The first-order valence-electron chi connectivity index (χ1n) is 8.54. The molecule has 0 saturated carbocycles. The van der Waals surface area contributed by atoms with Gasteiger partial charge in [-0.2, -0.15) is 0 Å². The quantitative estimate of drug-likeness (QED) is 0.418. The molecule has 4 heteroatoms. The molecule has 0 bridgehead atoms. The maximum absolute atomic E-state index is 13.0. The Labute approximate surface area is 158 Å². The Bertz CT molecular complexity index is 937. The van der Waals surface area contributed by atoms with Gasteiger partial charge in [-0.1, -0.05) is 6.07 Å². The van der Waals surface area contributed by atoms with Crippen LogP contribution in [0.15, 0.2) is 53.4 Å². The number of aryl methyl sites for hydroxylation is 3. The van der Waals surface area contributed by atoms with E-state index in [1.54, 1.807) is 12.1 Å². The molecular weight excluding hydrogens is 345 g/mol. The molecule has 1 aromatic heterocycles. The maximum atomic E-state index is 13.0. The summed E-state index contributed by atoms with van der Waals surface area (Å²) in [6.07, 6.45) is 0. The summed E-state index contributed by atoms with van der Waals surface area (Å²) in [7, 11) is 0. The van der Waals surface area contributed by atoms with Crippen molar-refractivity contribution in [2.75, 3.05) is 5.75 Å². The predicted octanol–water partition coefficient (Wildman–Crippen LogP) is 5.83. The average molecular weight is 367 g/mol. The Kier molecular flexibility index (Phi) is 5.33. The van der Waals surface area contributed by atoms with Gasteiger partial charge in [-0.15, -0.1) is 11.8 Å². The van der Waals surface area contributed by atoms with Crippen LogP contribution in [0.25, 0.3) is 5.69 Å². The number of halogens is 1. The fraction of sp³-hybridized carbons (Fsp3) is 0.227. The molecule has 0 aliphatic heterocycles. The van der Waals surface area contributed by atoms with Gasteiger partial charge in [-0.05, 0) is 81.3 Å². The normalized spacial score (nSPS) is 11.0. The topological polar surface area (TPSA) is 22.0 Å². The number of carbonyl (C=O) groups excluding carboxylic acids is 1. The first-order valence-corrected chi connectivity index (χ1v) is 9.53. The number of benzene rings is 2. The molecule has 134 valence electrons. The van der Waals surface area contributed by atoms with Crippen LogP contribution in [0.1, 0.15) is 32.9 Å². The molecule has 2 aromatic carbocycles. The summed E-state index contributed by atoms with van der Waals surface area (Å²) in [5, 5.41) is 0. The number of ketones is 1. The van der Waals surface area contributed by atoms with Crippen LogP contribution >= 0.6 is 11.8 Å². The number of aromatic nitrogens is 1. The van der Waals surface area contributed by atoms with Gasteiger partial charge in [0.05, 0.1) is 5.75 Å². The molecule has 0 unspecified atom stereocenters. The second-order valence-electron chi connectivity index (χ2n) is 6.63. The number of carbonyl (C=O) groups is 1. The van der Waals surface area contributed by atoms with Crippen LogP contribution in [0.3, 0.4) is 0 Å². The van der Waals surface area contributed by atoms with Gasteiger partial charge in [0.15, 0.2) is 5.78 Å². The predicted molar refractivity (Wildman–Crippen MR) is 106 cm³/mol. The lowest BCUT2D eigenvalue weighted by atomic mass is 10.1. The van der Waals surface area contributed by atoms with Crippen LogP contribution < -0.4 is 0 Å². The Morgan fingerprint density at radius 3 is 2.19 bits per heavy atom. The SMILES string of the molecule is Cc1cc(C)cc(-n2c(C)cc(C(=O)CSc3ccc(F)cc3)c2C)c1. The van der Waals surface area contributed by atoms with Gasteiger partial charge in [0, 0.05) is 27.5 Å². The van der Waals surface area contributed by atoms with E-state index in [1.807, 2.05) is 19.9 Å². The molecule has 2 nitrogen and oxygen atoms in total. The largest absolute Gasteiger partial charge is 0.318 e. The van der Waals surface area contributed by atoms with Crippen molar-refractivity contribution in [3.63, 3.8) is 0 Å². The van der Waals surface area contributed by atoms with Gasteiger partial charge in [0.2, 0.25) is 0 Å². The summed E-state index contributed by atoms with van der Waals surface area (Å²) in [6, 6.07) is 14.6. The maximum Gasteiger partial charge on any atom is 0.174 e. The number of hydrogen-bond acceptors (Lipinski definition) is 2. The average Bonchev–Trinajstić information content (AvgIpc) is 2.88. The molecule has 3 aromatic rings. The van der Waals surface area contributed by atoms with Gasteiger partial charge in [0.25, 0.3) is 0 Å². The Balaban J connectivity index is 1.84. The highest BCUT2D eigenvalue weighted by atomic mass is 32.2. The second-order valence-corrected chi connectivity index (χ2v) is 7.68. The third-order valence-electron chi connectivity index (χ3n) is 4.38.